The Kier molecular flexibility index (Phi) is 31.9. The van der Waals surface area contributed by atoms with Gasteiger partial charge in [-0.15, -0.1) is 0 Å². The molecule has 5 heterocycles. The van der Waals surface area contributed by atoms with Crippen LogP contribution in [0.4, 0.5) is 0 Å². The molecule has 88 heavy (non-hydrogen) atoms. The van der Waals surface area contributed by atoms with Gasteiger partial charge >= 0.3 is 23.9 Å². The summed E-state index contributed by atoms with van der Waals surface area (Å²) >= 11 is 0. The van der Waals surface area contributed by atoms with Gasteiger partial charge in [-0.1, -0.05) is 167 Å². The molecule has 0 saturated carbocycles. The molecule has 5 aliphatic rings. The van der Waals surface area contributed by atoms with Crippen molar-refractivity contribution in [1.29, 1.82) is 0 Å². The van der Waals surface area contributed by atoms with Crippen LogP contribution in [0.2, 0.25) is 0 Å². The second kappa shape index (κ2) is 38.3. The molecule has 6 N–H and O–H groups in total. The second-order valence-electron chi connectivity index (χ2n) is 24.7. The standard InChI is InChI=1S/C66H106O22/c1-8-11-13-14-15-16-19-22-29-35-47(68)82-55-41(5)77-63(59(52(55)73)84-49(70)38-37-44-31-26-24-27-32-44)86-57-43(7)79-65(61(54(57)75)85-62(76)40(4)10-3)87-56-42(6)78-64-60(53(56)74)83-48(69)36-30-23-20-17-18-21-28-34-45(33-25-12-9-2)80-66-58(88-64)51(72)50(71)46(39-67)81-66/h24,26-27,31-32,37-38,40-43,45-46,50-61,63-67,71-75H,8-23,25,28-30,33-36,39H2,1-7H3/t40-,41-,42-,43-,45-,46+,50+,51-,52+,53+,54+,55-,56-,57-,58+,59+,60+,61+,63-,64-,65-,66+/m0/s1. The van der Waals surface area contributed by atoms with E-state index in [1.807, 2.05) is 6.07 Å². The van der Waals surface area contributed by atoms with Crippen molar-refractivity contribution in [3.8, 4) is 0 Å². The van der Waals surface area contributed by atoms with Gasteiger partial charge < -0.3 is 87.5 Å². The number of rotatable bonds is 26. The van der Waals surface area contributed by atoms with Gasteiger partial charge in [-0.2, -0.15) is 0 Å². The van der Waals surface area contributed by atoms with Crippen molar-refractivity contribution in [2.45, 2.75) is 331 Å². The summed E-state index contributed by atoms with van der Waals surface area (Å²) in [6, 6.07) is 8.95. The zero-order valence-electron chi connectivity index (χ0n) is 53.1. The Labute approximate surface area is 520 Å². The summed E-state index contributed by atoms with van der Waals surface area (Å²) < 4.78 is 75.0. The van der Waals surface area contributed by atoms with E-state index in [2.05, 4.69) is 13.8 Å². The van der Waals surface area contributed by atoms with Crippen molar-refractivity contribution >= 4 is 30.0 Å². The molecular formula is C66H106O22. The van der Waals surface area contributed by atoms with E-state index in [1.165, 1.54) is 45.6 Å². The molecule has 0 bridgehead atoms. The molecular weight excluding hydrogens is 1140 g/mol. The van der Waals surface area contributed by atoms with Crippen LogP contribution in [0.25, 0.3) is 6.08 Å². The number of aliphatic hydroxyl groups is 6. The highest BCUT2D eigenvalue weighted by atomic mass is 16.8. The van der Waals surface area contributed by atoms with Gasteiger partial charge in [0.15, 0.2) is 49.6 Å². The summed E-state index contributed by atoms with van der Waals surface area (Å²) in [5, 5.41) is 70.1. The van der Waals surface area contributed by atoms with E-state index < -0.39 is 159 Å². The number of carbonyl (C=O) groups is 4. The number of fused-ring (bicyclic) bond motifs is 2. The summed E-state index contributed by atoms with van der Waals surface area (Å²) in [4.78, 5) is 54.5. The molecule has 22 heteroatoms. The molecule has 0 radical (unpaired) electrons. The van der Waals surface area contributed by atoms with Crippen LogP contribution in [0, 0.1) is 5.92 Å². The van der Waals surface area contributed by atoms with Gasteiger partial charge in [-0.3, -0.25) is 14.4 Å². The lowest BCUT2D eigenvalue weighted by molar-refractivity contribution is -0.389. The molecule has 0 aliphatic carbocycles. The lowest BCUT2D eigenvalue weighted by atomic mass is 9.95. The Morgan fingerprint density at radius 3 is 1.78 bits per heavy atom. The van der Waals surface area contributed by atoms with E-state index in [9.17, 15) is 49.8 Å². The van der Waals surface area contributed by atoms with Gasteiger partial charge in [0.05, 0.1) is 36.9 Å². The number of hydrogen-bond acceptors (Lipinski definition) is 22. The highest BCUT2D eigenvalue weighted by molar-refractivity contribution is 5.87. The average molecular weight is 1250 g/mol. The molecule has 0 amide bonds. The molecule has 5 aliphatic heterocycles. The Balaban J connectivity index is 1.24. The van der Waals surface area contributed by atoms with E-state index >= 15 is 0 Å². The van der Waals surface area contributed by atoms with Crippen molar-refractivity contribution in [2.75, 3.05) is 6.61 Å². The number of ether oxygens (including phenoxy) is 12. The molecule has 0 spiro atoms. The normalized spacial score (nSPS) is 36.0. The topological polar surface area (TPSA) is 300 Å². The van der Waals surface area contributed by atoms with E-state index in [1.54, 1.807) is 45.0 Å². The maximum absolute atomic E-state index is 13.8. The van der Waals surface area contributed by atoms with Crippen LogP contribution < -0.4 is 0 Å². The lowest BCUT2D eigenvalue weighted by Gasteiger charge is -2.50. The average Bonchev–Trinajstić information content (AvgIpc) is 3.05. The number of esters is 4. The molecule has 5 fully saturated rings. The van der Waals surface area contributed by atoms with Crippen molar-refractivity contribution < 1.29 is 107 Å². The van der Waals surface area contributed by atoms with Crippen molar-refractivity contribution in [3.63, 3.8) is 0 Å². The first-order valence-corrected chi connectivity index (χ1v) is 33.2. The Hall–Kier alpha value is -3.72. The van der Waals surface area contributed by atoms with Gasteiger partial charge in [-0.25, -0.2) is 4.79 Å². The first kappa shape index (κ1) is 73.3. The van der Waals surface area contributed by atoms with Crippen LogP contribution >= 0.6 is 0 Å². The molecule has 22 atom stereocenters. The smallest absolute Gasteiger partial charge is 0.331 e. The van der Waals surface area contributed by atoms with Gasteiger partial charge in [0.1, 0.15) is 54.9 Å². The predicted molar refractivity (Wildman–Crippen MR) is 320 cm³/mol. The summed E-state index contributed by atoms with van der Waals surface area (Å²) in [5.74, 6) is -3.60. The van der Waals surface area contributed by atoms with E-state index in [4.69, 9.17) is 56.8 Å². The number of hydrogen-bond donors (Lipinski definition) is 6. The van der Waals surface area contributed by atoms with Crippen molar-refractivity contribution in [2.24, 2.45) is 5.92 Å². The highest BCUT2D eigenvalue weighted by Crippen LogP contribution is 2.38. The quantitative estimate of drug-likeness (QED) is 0.0224. The molecule has 6 rings (SSSR count). The molecule has 1 aromatic rings. The van der Waals surface area contributed by atoms with Gasteiger partial charge in [-0.05, 0) is 64.5 Å². The number of benzene rings is 1. The number of aliphatic hydroxyl groups excluding tert-OH is 6. The van der Waals surface area contributed by atoms with Crippen LogP contribution in [-0.2, 0) is 76.0 Å². The lowest BCUT2D eigenvalue weighted by Crippen LogP contribution is -2.67. The second-order valence-corrected chi connectivity index (χ2v) is 24.7. The van der Waals surface area contributed by atoms with Crippen LogP contribution in [0.1, 0.15) is 208 Å². The SMILES string of the molecule is CCCCCCCCCCCC(=O)O[C@@H]1[C@@H](O)[C@@H](OC(=O)C=Cc2ccccc2)[C@H](O[C@@H]2[C@@H](O)[C@@H](OC(=O)[C@@H](C)CC)[C@H](O[C@@H]3[C@@H](O)[C@H]4OC(=O)CCCCCCCCC[C@H](CCCCC)O[C@@H]5O[C@H](CO)[C@@H](O)[C@H](O)[C@H]5O[C@@H]4O[C@H]3C)O[C@H]2C)O[C@H]1C. The highest BCUT2D eigenvalue weighted by Gasteiger charge is 2.57. The van der Waals surface area contributed by atoms with Crippen LogP contribution in [0.5, 0.6) is 0 Å². The third kappa shape index (κ3) is 22.0. The molecule has 1 aromatic carbocycles. The molecule has 502 valence electrons. The van der Waals surface area contributed by atoms with Crippen molar-refractivity contribution in [3.05, 3.63) is 42.0 Å². The number of unbranched alkanes of at least 4 members (excludes halogenated alkanes) is 10. The zero-order valence-corrected chi connectivity index (χ0v) is 53.1. The fourth-order valence-electron chi connectivity index (χ4n) is 11.9. The third-order valence-electron chi connectivity index (χ3n) is 17.6. The Morgan fingerprint density at radius 1 is 0.580 bits per heavy atom. The summed E-state index contributed by atoms with van der Waals surface area (Å²) in [6.45, 7) is 11.6. The molecule has 0 unspecified atom stereocenters. The largest absolute Gasteiger partial charge is 0.457 e. The minimum atomic E-state index is -1.81. The monoisotopic (exact) mass is 1250 g/mol. The minimum Gasteiger partial charge on any atom is -0.457 e. The van der Waals surface area contributed by atoms with Gasteiger partial charge in [0.25, 0.3) is 0 Å². The first-order chi connectivity index (χ1) is 42.4. The first-order valence-electron chi connectivity index (χ1n) is 33.2. The van der Waals surface area contributed by atoms with Crippen LogP contribution in [0.15, 0.2) is 36.4 Å². The summed E-state index contributed by atoms with van der Waals surface area (Å²) in [6.07, 6.45) is -8.18. The summed E-state index contributed by atoms with van der Waals surface area (Å²) in [7, 11) is 0. The molecule has 5 saturated heterocycles. The Morgan fingerprint density at radius 2 is 1.14 bits per heavy atom. The maximum atomic E-state index is 13.8. The van der Waals surface area contributed by atoms with Crippen LogP contribution in [-0.4, -0.2) is 190 Å². The van der Waals surface area contributed by atoms with E-state index in [0.29, 0.717) is 37.7 Å². The van der Waals surface area contributed by atoms with Gasteiger partial charge in [0.2, 0.25) is 0 Å². The predicted octanol–water partition coefficient (Wildman–Crippen LogP) is 7.72. The third-order valence-corrected chi connectivity index (χ3v) is 17.6. The van der Waals surface area contributed by atoms with Crippen molar-refractivity contribution in [1.82, 2.24) is 0 Å². The fraction of sp³-hybridized carbons (Fsp3) is 0.818. The molecule has 0 aromatic heterocycles. The van der Waals surface area contributed by atoms with E-state index in [-0.39, 0.29) is 18.9 Å². The zero-order chi connectivity index (χ0) is 63.7. The number of carbonyl (C=O) groups excluding carboxylic acids is 4. The van der Waals surface area contributed by atoms with E-state index in [0.717, 1.165) is 89.5 Å². The van der Waals surface area contributed by atoms with Gasteiger partial charge in [0, 0.05) is 18.9 Å². The Bertz CT molecular complexity index is 2200. The van der Waals surface area contributed by atoms with Crippen LogP contribution in [0.3, 0.4) is 0 Å². The molecule has 22 nitrogen and oxygen atoms in total. The maximum Gasteiger partial charge on any atom is 0.331 e. The fourth-order valence-corrected chi connectivity index (χ4v) is 11.9. The minimum absolute atomic E-state index is 0.0190. The summed E-state index contributed by atoms with van der Waals surface area (Å²) in [5.41, 5.74) is 0.682.